The van der Waals surface area contributed by atoms with Crippen molar-refractivity contribution in [2.45, 2.75) is 32.6 Å². The maximum absolute atomic E-state index is 11.5. The molecule has 0 radical (unpaired) electrons. The molecule has 1 amide bonds. The van der Waals surface area contributed by atoms with Crippen molar-refractivity contribution in [1.82, 2.24) is 16.0 Å². The highest BCUT2D eigenvalue weighted by atomic mass is 127. The third-order valence-corrected chi connectivity index (χ3v) is 3.58. The van der Waals surface area contributed by atoms with Crippen LogP contribution in [0, 0.1) is 5.92 Å². The van der Waals surface area contributed by atoms with Gasteiger partial charge in [0.2, 0.25) is 5.91 Å². The molecule has 7 nitrogen and oxygen atoms in total. The Morgan fingerprint density at radius 1 is 1.25 bits per heavy atom. The fraction of sp³-hybridized carbons (Fsp3) is 0.875. The first-order chi connectivity index (χ1) is 11.3. The molecule has 1 atom stereocenters. The molecule has 8 heteroatoms. The number of carbonyl (C=O) groups is 1. The van der Waals surface area contributed by atoms with E-state index in [1.165, 1.54) is 0 Å². The molecule has 0 spiro atoms. The van der Waals surface area contributed by atoms with Gasteiger partial charge in [-0.25, -0.2) is 0 Å². The molecule has 1 saturated heterocycles. The predicted octanol–water partition coefficient (Wildman–Crippen LogP) is 1.13. The van der Waals surface area contributed by atoms with Crippen LogP contribution >= 0.6 is 24.0 Å². The molecule has 142 valence electrons. The predicted molar refractivity (Wildman–Crippen MR) is 107 cm³/mol. The van der Waals surface area contributed by atoms with E-state index < -0.39 is 0 Å². The molecule has 0 bridgehead atoms. The molecular formula is C16H33IN4O3. The second-order valence-electron chi connectivity index (χ2n) is 5.68. The minimum atomic E-state index is 0. The number of aliphatic imine (C=N–C) groups is 1. The summed E-state index contributed by atoms with van der Waals surface area (Å²) in [5.41, 5.74) is 0. The highest BCUT2D eigenvalue weighted by molar-refractivity contribution is 14.0. The lowest BCUT2D eigenvalue weighted by Gasteiger charge is -2.12. The van der Waals surface area contributed by atoms with Gasteiger partial charge in [-0.3, -0.25) is 9.79 Å². The Morgan fingerprint density at radius 3 is 2.71 bits per heavy atom. The largest absolute Gasteiger partial charge is 0.381 e. The number of hydrogen-bond acceptors (Lipinski definition) is 4. The summed E-state index contributed by atoms with van der Waals surface area (Å²) >= 11 is 0. The lowest BCUT2D eigenvalue weighted by Crippen LogP contribution is -2.40. The smallest absolute Gasteiger partial charge is 0.221 e. The van der Waals surface area contributed by atoms with E-state index in [0.29, 0.717) is 18.9 Å². The summed E-state index contributed by atoms with van der Waals surface area (Å²) in [4.78, 5) is 15.6. The molecule has 0 saturated carbocycles. The van der Waals surface area contributed by atoms with Gasteiger partial charge >= 0.3 is 0 Å². The number of guanidine groups is 1. The first kappa shape index (κ1) is 23.4. The first-order valence-corrected chi connectivity index (χ1v) is 8.63. The van der Waals surface area contributed by atoms with Gasteiger partial charge in [0.15, 0.2) is 5.96 Å². The maximum atomic E-state index is 11.5. The van der Waals surface area contributed by atoms with Crippen molar-refractivity contribution in [2.24, 2.45) is 10.9 Å². The zero-order valence-corrected chi connectivity index (χ0v) is 17.3. The molecule has 1 aliphatic heterocycles. The van der Waals surface area contributed by atoms with Crippen LogP contribution in [-0.2, 0) is 14.3 Å². The molecule has 3 N–H and O–H groups in total. The summed E-state index contributed by atoms with van der Waals surface area (Å²) < 4.78 is 11.0. The monoisotopic (exact) mass is 456 g/mol. The molecule has 0 aromatic rings. The van der Waals surface area contributed by atoms with Gasteiger partial charge in [-0.15, -0.1) is 24.0 Å². The molecule has 1 rings (SSSR count). The molecule has 0 aliphatic carbocycles. The molecule has 1 unspecified atom stereocenters. The van der Waals surface area contributed by atoms with Crippen molar-refractivity contribution in [3.63, 3.8) is 0 Å². The first-order valence-electron chi connectivity index (χ1n) is 8.63. The van der Waals surface area contributed by atoms with E-state index >= 15 is 0 Å². The lowest BCUT2D eigenvalue weighted by atomic mass is 10.1. The average molecular weight is 456 g/mol. The van der Waals surface area contributed by atoms with Gasteiger partial charge in [0.1, 0.15) is 0 Å². The fourth-order valence-electron chi connectivity index (χ4n) is 2.21. The van der Waals surface area contributed by atoms with Gasteiger partial charge in [0.25, 0.3) is 0 Å². The minimum absolute atomic E-state index is 0. The van der Waals surface area contributed by atoms with Gasteiger partial charge in [-0.05, 0) is 19.3 Å². The fourth-order valence-corrected chi connectivity index (χ4v) is 2.21. The van der Waals surface area contributed by atoms with Crippen LogP contribution in [0.15, 0.2) is 4.99 Å². The van der Waals surface area contributed by atoms with Crippen LogP contribution in [0.3, 0.4) is 0 Å². The normalized spacial score (nSPS) is 17.2. The Labute approximate surface area is 162 Å². The summed E-state index contributed by atoms with van der Waals surface area (Å²) in [5.74, 6) is 1.35. The quantitative estimate of drug-likeness (QED) is 0.188. The molecule has 0 aromatic carbocycles. The Morgan fingerprint density at radius 2 is 2.04 bits per heavy atom. The Hall–Kier alpha value is -0.610. The van der Waals surface area contributed by atoms with Gasteiger partial charge in [-0.1, -0.05) is 6.92 Å². The number of halogens is 1. The van der Waals surface area contributed by atoms with Crippen molar-refractivity contribution < 1.29 is 14.3 Å². The van der Waals surface area contributed by atoms with Crippen LogP contribution in [0.4, 0.5) is 0 Å². The molecule has 24 heavy (non-hydrogen) atoms. The standard InChI is InChI=1S/C16H32N4O3.HI/c1-3-7-18-15(21)5-9-20-16(17-2)19-8-4-10-22-12-14-6-11-23-13-14;/h14H,3-13H2,1-2H3,(H,18,21)(H2,17,19,20);1H. The van der Waals surface area contributed by atoms with Gasteiger partial charge < -0.3 is 25.4 Å². The number of nitrogens with one attached hydrogen (secondary N) is 3. The zero-order valence-electron chi connectivity index (χ0n) is 14.9. The summed E-state index contributed by atoms with van der Waals surface area (Å²) in [6, 6.07) is 0. The van der Waals surface area contributed by atoms with Crippen molar-refractivity contribution >= 4 is 35.8 Å². The van der Waals surface area contributed by atoms with Crippen LogP contribution in [0.5, 0.6) is 0 Å². The maximum Gasteiger partial charge on any atom is 0.221 e. The summed E-state index contributed by atoms with van der Waals surface area (Å²) in [5, 5.41) is 9.20. The Bertz CT molecular complexity index is 350. The average Bonchev–Trinajstić information content (AvgIpc) is 3.07. The SMILES string of the molecule is CCCNC(=O)CCNC(=NC)NCCCOCC1CCOC1.I. The highest BCUT2D eigenvalue weighted by Crippen LogP contribution is 2.12. The van der Waals surface area contributed by atoms with Crippen LogP contribution in [0.2, 0.25) is 0 Å². The van der Waals surface area contributed by atoms with Gasteiger partial charge in [0, 0.05) is 52.2 Å². The third kappa shape index (κ3) is 11.9. The molecule has 1 aliphatic rings. The molecular weight excluding hydrogens is 423 g/mol. The number of rotatable bonds is 11. The van der Waals surface area contributed by atoms with E-state index in [1.54, 1.807) is 7.05 Å². The number of amides is 1. The van der Waals surface area contributed by atoms with Crippen LogP contribution in [-0.4, -0.2) is 65.0 Å². The van der Waals surface area contributed by atoms with Crippen LogP contribution in [0.1, 0.15) is 32.6 Å². The Balaban J connectivity index is 0.00000529. The van der Waals surface area contributed by atoms with Crippen molar-refractivity contribution in [3.05, 3.63) is 0 Å². The summed E-state index contributed by atoms with van der Waals surface area (Å²) in [6.07, 6.45) is 3.44. The topological polar surface area (TPSA) is 84.0 Å². The van der Waals surface area contributed by atoms with Gasteiger partial charge in [0.05, 0.1) is 13.2 Å². The van der Waals surface area contributed by atoms with Crippen LogP contribution in [0.25, 0.3) is 0 Å². The van der Waals surface area contributed by atoms with Crippen LogP contribution < -0.4 is 16.0 Å². The van der Waals surface area contributed by atoms with Crippen molar-refractivity contribution in [1.29, 1.82) is 0 Å². The zero-order chi connectivity index (χ0) is 16.8. The van der Waals surface area contributed by atoms with Crippen molar-refractivity contribution in [2.75, 3.05) is 53.1 Å². The van der Waals surface area contributed by atoms with E-state index in [0.717, 1.165) is 64.7 Å². The second-order valence-corrected chi connectivity index (χ2v) is 5.68. The van der Waals surface area contributed by atoms with E-state index in [1.807, 2.05) is 6.92 Å². The molecule has 1 heterocycles. The number of nitrogens with zero attached hydrogens (tertiary/aromatic N) is 1. The van der Waals surface area contributed by atoms with E-state index in [-0.39, 0.29) is 29.9 Å². The molecule has 1 fully saturated rings. The number of ether oxygens (including phenoxy) is 2. The van der Waals surface area contributed by atoms with Crippen molar-refractivity contribution in [3.8, 4) is 0 Å². The Kier molecular flexibility index (Phi) is 15.5. The summed E-state index contributed by atoms with van der Waals surface area (Å²) in [7, 11) is 1.73. The van der Waals surface area contributed by atoms with Gasteiger partial charge in [-0.2, -0.15) is 0 Å². The van der Waals surface area contributed by atoms with E-state index in [9.17, 15) is 4.79 Å². The second kappa shape index (κ2) is 15.9. The number of carbonyl (C=O) groups excluding carboxylic acids is 1. The molecule has 0 aromatic heterocycles. The van der Waals surface area contributed by atoms with E-state index in [4.69, 9.17) is 9.47 Å². The lowest BCUT2D eigenvalue weighted by molar-refractivity contribution is -0.120. The van der Waals surface area contributed by atoms with E-state index in [2.05, 4.69) is 20.9 Å². The highest BCUT2D eigenvalue weighted by Gasteiger charge is 2.15. The minimum Gasteiger partial charge on any atom is -0.381 e. The number of hydrogen-bond donors (Lipinski definition) is 3. The third-order valence-electron chi connectivity index (χ3n) is 3.58. The summed E-state index contributed by atoms with van der Waals surface area (Å²) in [6.45, 7) is 7.37.